The van der Waals surface area contributed by atoms with Crippen LogP contribution in [0.5, 0.6) is 0 Å². The highest BCUT2D eigenvalue weighted by Gasteiger charge is 2.26. The summed E-state index contributed by atoms with van der Waals surface area (Å²) in [6, 6.07) is 16.9. The highest BCUT2D eigenvalue weighted by molar-refractivity contribution is 5.96. The van der Waals surface area contributed by atoms with Crippen LogP contribution in [-0.4, -0.2) is 46.3 Å². The van der Waals surface area contributed by atoms with Gasteiger partial charge in [0.1, 0.15) is 11.3 Å². The fourth-order valence-corrected chi connectivity index (χ4v) is 3.98. The lowest BCUT2D eigenvalue weighted by Gasteiger charge is -2.31. The van der Waals surface area contributed by atoms with Crippen LogP contribution in [0.25, 0.3) is 22.0 Å². The Morgan fingerprint density at radius 1 is 1.03 bits per heavy atom. The average molecular weight is 414 g/mol. The fraction of sp³-hybridized carbons (Fsp3) is 0.250. The maximum atomic E-state index is 12.8. The van der Waals surface area contributed by atoms with Crippen molar-refractivity contribution in [2.24, 2.45) is 5.92 Å². The van der Waals surface area contributed by atoms with Crippen LogP contribution in [-0.2, 0) is 0 Å². The monoisotopic (exact) mass is 414 g/mol. The number of fused-ring (bicyclic) bond motifs is 2. The Morgan fingerprint density at radius 2 is 1.77 bits per heavy atom. The molecule has 1 saturated heterocycles. The van der Waals surface area contributed by atoms with Crippen molar-refractivity contribution in [2.45, 2.75) is 12.8 Å². The largest absolute Gasteiger partial charge is 0.451 e. The number of para-hydroxylation sites is 3. The van der Waals surface area contributed by atoms with Gasteiger partial charge in [-0.2, -0.15) is 0 Å². The second-order valence-corrected chi connectivity index (χ2v) is 7.84. The van der Waals surface area contributed by atoms with Crippen molar-refractivity contribution in [2.75, 3.05) is 19.6 Å². The minimum Gasteiger partial charge on any atom is -0.451 e. The summed E-state index contributed by atoms with van der Waals surface area (Å²) < 4.78 is 5.71. The molecule has 156 valence electrons. The predicted octanol–water partition coefficient (Wildman–Crippen LogP) is 3.66. The first kappa shape index (κ1) is 19.2. The Morgan fingerprint density at radius 3 is 2.58 bits per heavy atom. The summed E-state index contributed by atoms with van der Waals surface area (Å²) in [5.74, 6) is 0.393. The summed E-state index contributed by atoms with van der Waals surface area (Å²) in [7, 11) is 0. The number of furan rings is 1. The Labute approximate surface area is 179 Å². The van der Waals surface area contributed by atoms with Gasteiger partial charge in [0.25, 0.3) is 11.8 Å². The fourth-order valence-electron chi connectivity index (χ4n) is 3.98. The molecule has 2 amide bonds. The first-order chi connectivity index (χ1) is 15.2. The second kappa shape index (κ2) is 8.18. The molecule has 1 N–H and O–H groups in total. The highest BCUT2D eigenvalue weighted by atomic mass is 16.3. The topological polar surface area (TPSA) is 88.3 Å². The summed E-state index contributed by atoms with van der Waals surface area (Å²) in [5, 5.41) is 3.89. The SMILES string of the molecule is O=C(NCC1CCN(C(=O)c2cc3ccccc3o2)CC1)c1cnc2ccccc2n1. The molecule has 2 aromatic carbocycles. The van der Waals surface area contributed by atoms with E-state index in [0.717, 1.165) is 29.3 Å². The van der Waals surface area contributed by atoms with E-state index in [1.807, 2.05) is 53.4 Å². The first-order valence-electron chi connectivity index (χ1n) is 10.5. The Balaban J connectivity index is 1.15. The zero-order chi connectivity index (χ0) is 21.2. The average Bonchev–Trinajstić information content (AvgIpc) is 3.26. The molecule has 0 saturated carbocycles. The van der Waals surface area contributed by atoms with Crippen molar-refractivity contribution in [3.05, 3.63) is 72.2 Å². The number of nitrogens with one attached hydrogen (secondary N) is 1. The van der Waals surface area contributed by atoms with Crippen LogP contribution in [0.4, 0.5) is 0 Å². The predicted molar refractivity (Wildman–Crippen MR) is 117 cm³/mol. The first-order valence-corrected chi connectivity index (χ1v) is 10.5. The van der Waals surface area contributed by atoms with Crippen LogP contribution in [0.1, 0.15) is 33.9 Å². The number of rotatable bonds is 4. The number of carbonyl (C=O) groups excluding carboxylic acids is 2. The molecule has 31 heavy (non-hydrogen) atoms. The smallest absolute Gasteiger partial charge is 0.289 e. The Bertz CT molecular complexity index is 1220. The lowest BCUT2D eigenvalue weighted by molar-refractivity contribution is 0.0655. The van der Waals surface area contributed by atoms with Gasteiger partial charge in [-0.15, -0.1) is 0 Å². The summed E-state index contributed by atoms with van der Waals surface area (Å²) in [6.07, 6.45) is 3.16. The lowest BCUT2D eigenvalue weighted by atomic mass is 9.96. The van der Waals surface area contributed by atoms with E-state index in [1.54, 1.807) is 6.07 Å². The number of amides is 2. The van der Waals surface area contributed by atoms with E-state index in [-0.39, 0.29) is 11.8 Å². The molecule has 7 heteroatoms. The minimum absolute atomic E-state index is 0.0786. The third kappa shape index (κ3) is 3.99. The molecule has 1 fully saturated rings. The van der Waals surface area contributed by atoms with Crippen molar-refractivity contribution in [1.82, 2.24) is 20.2 Å². The van der Waals surface area contributed by atoms with Crippen molar-refractivity contribution in [3.63, 3.8) is 0 Å². The minimum atomic E-state index is -0.223. The molecular formula is C24H22N4O3. The van der Waals surface area contributed by atoms with Gasteiger partial charge in [-0.3, -0.25) is 14.6 Å². The lowest BCUT2D eigenvalue weighted by Crippen LogP contribution is -2.41. The third-order valence-electron chi connectivity index (χ3n) is 5.77. The van der Waals surface area contributed by atoms with Gasteiger partial charge in [0.05, 0.1) is 17.2 Å². The highest BCUT2D eigenvalue weighted by Crippen LogP contribution is 2.23. The molecular weight excluding hydrogens is 392 g/mol. The molecule has 7 nitrogen and oxygen atoms in total. The maximum absolute atomic E-state index is 12.8. The third-order valence-corrected chi connectivity index (χ3v) is 5.77. The van der Waals surface area contributed by atoms with Crippen LogP contribution >= 0.6 is 0 Å². The molecule has 0 aliphatic carbocycles. The number of aromatic nitrogens is 2. The molecule has 1 aliphatic rings. The molecule has 3 heterocycles. The Hall–Kier alpha value is -3.74. The summed E-state index contributed by atoms with van der Waals surface area (Å²) in [5.41, 5.74) is 2.50. The van der Waals surface area contributed by atoms with E-state index < -0.39 is 0 Å². The van der Waals surface area contributed by atoms with Crippen molar-refractivity contribution in [1.29, 1.82) is 0 Å². The molecule has 2 aromatic heterocycles. The van der Waals surface area contributed by atoms with Crippen LogP contribution in [0.2, 0.25) is 0 Å². The van der Waals surface area contributed by atoms with E-state index in [9.17, 15) is 9.59 Å². The van der Waals surface area contributed by atoms with Crippen LogP contribution in [0.3, 0.4) is 0 Å². The van der Waals surface area contributed by atoms with Crippen molar-refractivity contribution >= 4 is 33.8 Å². The van der Waals surface area contributed by atoms with Gasteiger partial charge in [-0.25, -0.2) is 4.98 Å². The van der Waals surface area contributed by atoms with Crippen LogP contribution in [0, 0.1) is 5.92 Å². The number of benzene rings is 2. The zero-order valence-electron chi connectivity index (χ0n) is 17.0. The van der Waals surface area contributed by atoms with E-state index in [0.29, 0.717) is 42.5 Å². The summed E-state index contributed by atoms with van der Waals surface area (Å²) in [4.78, 5) is 35.8. The van der Waals surface area contributed by atoms with E-state index in [1.165, 1.54) is 6.20 Å². The molecule has 0 radical (unpaired) electrons. The molecule has 0 atom stereocenters. The number of likely N-dealkylation sites (tertiary alicyclic amines) is 1. The zero-order valence-corrected chi connectivity index (χ0v) is 17.0. The molecule has 5 rings (SSSR count). The van der Waals surface area contributed by atoms with E-state index in [2.05, 4.69) is 15.3 Å². The van der Waals surface area contributed by atoms with Gasteiger partial charge in [-0.05, 0) is 43.0 Å². The summed E-state index contributed by atoms with van der Waals surface area (Å²) >= 11 is 0. The van der Waals surface area contributed by atoms with Gasteiger partial charge in [-0.1, -0.05) is 30.3 Å². The van der Waals surface area contributed by atoms with Gasteiger partial charge in [0.15, 0.2) is 5.76 Å². The van der Waals surface area contributed by atoms with Gasteiger partial charge in [0.2, 0.25) is 0 Å². The Kier molecular flexibility index (Phi) is 5.08. The summed E-state index contributed by atoms with van der Waals surface area (Å²) in [6.45, 7) is 1.85. The number of hydrogen-bond donors (Lipinski definition) is 1. The molecule has 4 aromatic rings. The van der Waals surface area contributed by atoms with E-state index >= 15 is 0 Å². The molecule has 1 aliphatic heterocycles. The van der Waals surface area contributed by atoms with Gasteiger partial charge >= 0.3 is 0 Å². The number of nitrogens with zero attached hydrogens (tertiary/aromatic N) is 3. The molecule has 0 unspecified atom stereocenters. The van der Waals surface area contributed by atoms with Crippen molar-refractivity contribution < 1.29 is 14.0 Å². The maximum Gasteiger partial charge on any atom is 0.289 e. The normalized spacial score (nSPS) is 14.8. The van der Waals surface area contributed by atoms with E-state index in [4.69, 9.17) is 4.42 Å². The van der Waals surface area contributed by atoms with Crippen LogP contribution in [0.15, 0.2) is 65.2 Å². The second-order valence-electron chi connectivity index (χ2n) is 7.84. The standard InChI is InChI=1S/C24H22N4O3/c29-23(20-15-25-18-6-2-3-7-19(18)27-20)26-14-16-9-11-28(12-10-16)24(30)22-13-17-5-1-4-8-21(17)31-22/h1-8,13,15-16H,9-12,14H2,(H,26,29). The number of piperidine rings is 1. The quantitative estimate of drug-likeness (QED) is 0.551. The number of hydrogen-bond acceptors (Lipinski definition) is 5. The van der Waals surface area contributed by atoms with Gasteiger partial charge < -0.3 is 14.6 Å². The molecule has 0 spiro atoms. The molecule has 0 bridgehead atoms. The van der Waals surface area contributed by atoms with Crippen LogP contribution < -0.4 is 5.32 Å². The number of carbonyl (C=O) groups is 2. The van der Waals surface area contributed by atoms with Crippen molar-refractivity contribution in [3.8, 4) is 0 Å². The van der Waals surface area contributed by atoms with Gasteiger partial charge in [0, 0.05) is 25.0 Å².